The number of fused-ring (bicyclic) bond motifs is 3. The number of anilines is 2. The molecule has 1 atom stereocenters. The Morgan fingerprint density at radius 1 is 1.00 bits per heavy atom. The SMILES string of the molecule is CCOC(=O)CCCCCCCOCC(Cn1cc(-c2ccc(Nc3ncc4c(n3)-c3ccc(Cl)cc3C(c3c(F)cccc3F)=NC4)cc2)nn1)OS(C)(=O)=O. The van der Waals surface area contributed by atoms with Crippen LogP contribution in [0.3, 0.4) is 0 Å². The molecule has 0 aliphatic carbocycles. The summed E-state index contributed by atoms with van der Waals surface area (Å²) in [5.74, 6) is -1.35. The third-order valence-corrected chi connectivity index (χ3v) is 9.78. The van der Waals surface area contributed by atoms with E-state index in [1.807, 2.05) is 24.3 Å². The van der Waals surface area contributed by atoms with E-state index in [1.165, 1.54) is 22.9 Å². The summed E-state index contributed by atoms with van der Waals surface area (Å²) in [4.78, 5) is 25.3. The van der Waals surface area contributed by atoms with Gasteiger partial charge in [0, 0.05) is 52.2 Å². The Balaban J connectivity index is 1.06. The van der Waals surface area contributed by atoms with Gasteiger partial charge < -0.3 is 14.8 Å². The summed E-state index contributed by atoms with van der Waals surface area (Å²) in [6.07, 6.45) is 8.30. The Hall–Kier alpha value is -5.16. The minimum atomic E-state index is -3.76. The molecule has 13 nitrogen and oxygen atoms in total. The first-order chi connectivity index (χ1) is 27.5. The zero-order valence-corrected chi connectivity index (χ0v) is 33.0. The first kappa shape index (κ1) is 41.5. The van der Waals surface area contributed by atoms with E-state index in [2.05, 4.69) is 25.6 Å². The number of halogens is 3. The summed E-state index contributed by atoms with van der Waals surface area (Å²) in [5.41, 5.74) is 4.15. The lowest BCUT2D eigenvalue weighted by Gasteiger charge is -2.16. The topological polar surface area (TPSA) is 160 Å². The smallest absolute Gasteiger partial charge is 0.305 e. The number of aliphatic imine (C=N–C) groups is 1. The summed E-state index contributed by atoms with van der Waals surface area (Å²) in [6.45, 7) is 2.86. The second kappa shape index (κ2) is 19.3. The Morgan fingerprint density at radius 3 is 2.51 bits per heavy atom. The van der Waals surface area contributed by atoms with E-state index in [-0.39, 0.29) is 36.9 Å². The van der Waals surface area contributed by atoms with Gasteiger partial charge in [-0.05, 0) is 56.2 Å². The van der Waals surface area contributed by atoms with Crippen LogP contribution in [0, 0.1) is 11.6 Å². The van der Waals surface area contributed by atoms with E-state index >= 15 is 0 Å². The van der Waals surface area contributed by atoms with Crippen molar-refractivity contribution in [2.75, 3.05) is 31.4 Å². The van der Waals surface area contributed by atoms with Crippen molar-refractivity contribution in [1.82, 2.24) is 25.0 Å². The average molecular weight is 822 g/mol. The molecule has 300 valence electrons. The van der Waals surface area contributed by atoms with Gasteiger partial charge in [-0.3, -0.25) is 14.0 Å². The number of ether oxygens (including phenoxy) is 2. The number of carbonyl (C=O) groups is 1. The van der Waals surface area contributed by atoms with Crippen molar-refractivity contribution in [1.29, 1.82) is 0 Å². The summed E-state index contributed by atoms with van der Waals surface area (Å²) < 4.78 is 71.3. The molecule has 2 aromatic heterocycles. The van der Waals surface area contributed by atoms with Gasteiger partial charge >= 0.3 is 5.97 Å². The Bertz CT molecular complexity index is 2310. The molecule has 17 heteroatoms. The fourth-order valence-electron chi connectivity index (χ4n) is 6.31. The average Bonchev–Trinajstić information content (AvgIpc) is 3.57. The van der Waals surface area contributed by atoms with Crippen molar-refractivity contribution >= 4 is 45.0 Å². The van der Waals surface area contributed by atoms with Gasteiger partial charge in [0.15, 0.2) is 0 Å². The molecule has 0 saturated carbocycles. The van der Waals surface area contributed by atoms with E-state index in [4.69, 9.17) is 30.2 Å². The van der Waals surface area contributed by atoms with Crippen LogP contribution in [0.5, 0.6) is 0 Å². The van der Waals surface area contributed by atoms with Crippen molar-refractivity contribution in [3.63, 3.8) is 0 Å². The highest BCUT2D eigenvalue weighted by atomic mass is 35.5. The van der Waals surface area contributed by atoms with Gasteiger partial charge in [-0.15, -0.1) is 5.10 Å². The summed E-state index contributed by atoms with van der Waals surface area (Å²) in [5, 5.41) is 12.0. The number of nitrogens with one attached hydrogen (secondary N) is 1. The molecule has 57 heavy (non-hydrogen) atoms. The number of rotatable bonds is 19. The van der Waals surface area contributed by atoms with Gasteiger partial charge in [0.2, 0.25) is 5.95 Å². The highest BCUT2D eigenvalue weighted by Gasteiger charge is 2.25. The number of carbonyl (C=O) groups excluding carboxylic acids is 1. The number of benzene rings is 3. The van der Waals surface area contributed by atoms with Crippen LogP contribution >= 0.6 is 11.6 Å². The molecule has 0 fully saturated rings. The van der Waals surface area contributed by atoms with Gasteiger partial charge in [0.25, 0.3) is 10.1 Å². The summed E-state index contributed by atoms with van der Waals surface area (Å²) in [7, 11) is -3.76. The second-order valence-electron chi connectivity index (χ2n) is 13.4. The van der Waals surface area contributed by atoms with Gasteiger partial charge in [0.05, 0.1) is 55.7 Å². The van der Waals surface area contributed by atoms with E-state index in [0.29, 0.717) is 64.4 Å². The van der Waals surface area contributed by atoms with Crippen LogP contribution in [0.25, 0.3) is 22.5 Å². The van der Waals surface area contributed by atoms with Crippen LogP contribution in [0.1, 0.15) is 62.1 Å². The van der Waals surface area contributed by atoms with Crippen LogP contribution in [0.4, 0.5) is 20.4 Å². The molecule has 1 N–H and O–H groups in total. The van der Waals surface area contributed by atoms with Crippen LogP contribution in [0.2, 0.25) is 5.02 Å². The highest BCUT2D eigenvalue weighted by Crippen LogP contribution is 2.35. The Kier molecular flexibility index (Phi) is 14.1. The van der Waals surface area contributed by atoms with Crippen LogP contribution < -0.4 is 5.32 Å². The van der Waals surface area contributed by atoms with E-state index < -0.39 is 27.9 Å². The molecule has 0 radical (unpaired) electrons. The van der Waals surface area contributed by atoms with E-state index in [1.54, 1.807) is 37.5 Å². The van der Waals surface area contributed by atoms with E-state index in [9.17, 15) is 22.0 Å². The molecule has 0 amide bonds. The van der Waals surface area contributed by atoms with Crippen molar-refractivity contribution in [3.05, 3.63) is 106 Å². The molecular formula is C40H42ClF2N7O6S. The highest BCUT2D eigenvalue weighted by molar-refractivity contribution is 7.86. The quantitative estimate of drug-likeness (QED) is 0.0494. The van der Waals surface area contributed by atoms with Gasteiger partial charge in [0.1, 0.15) is 23.4 Å². The molecule has 3 heterocycles. The third-order valence-electron chi connectivity index (χ3n) is 8.92. The summed E-state index contributed by atoms with van der Waals surface area (Å²) >= 11 is 6.35. The zero-order valence-electron chi connectivity index (χ0n) is 31.5. The molecular weight excluding hydrogens is 780 g/mol. The molecule has 5 aromatic rings. The van der Waals surface area contributed by atoms with Gasteiger partial charge in [-0.1, -0.05) is 60.3 Å². The molecule has 3 aromatic carbocycles. The fraction of sp³-hybridized carbons (Fsp3) is 0.350. The predicted octanol–water partition coefficient (Wildman–Crippen LogP) is 7.69. The maximum absolute atomic E-state index is 14.9. The number of esters is 1. The molecule has 0 spiro atoms. The standard InChI is InChI=1S/C40H42ClF2N7O6S/c1-3-55-36(51)12-7-5-4-6-8-19-54-25-30(56-57(2,52)53)23-50-24-35(48-49-50)26-13-16-29(17-14-26)46-40-45-22-27-21-44-39(37-33(42)10-9-11-34(37)43)32-20-28(41)15-18-31(32)38(27)47-40/h9-11,13-18,20,22,24,30H,3-8,12,19,21,23,25H2,1-2H3,(H,45,46,47). The zero-order chi connectivity index (χ0) is 40.4. The molecule has 1 aliphatic rings. The largest absolute Gasteiger partial charge is 0.466 e. The molecule has 0 bridgehead atoms. The number of hydrogen-bond acceptors (Lipinski definition) is 12. The van der Waals surface area contributed by atoms with Crippen LogP contribution in [-0.4, -0.2) is 77.2 Å². The molecule has 1 unspecified atom stereocenters. The van der Waals surface area contributed by atoms with Crippen LogP contribution in [0.15, 0.2) is 78.0 Å². The van der Waals surface area contributed by atoms with Crippen molar-refractivity contribution in [2.45, 2.75) is 64.6 Å². The molecule has 1 aliphatic heterocycles. The fourth-order valence-corrected chi connectivity index (χ4v) is 7.10. The van der Waals surface area contributed by atoms with Crippen molar-refractivity contribution in [3.8, 4) is 22.5 Å². The Morgan fingerprint density at radius 2 is 1.75 bits per heavy atom. The maximum atomic E-state index is 14.9. The molecule has 0 saturated heterocycles. The Labute approximate surface area is 334 Å². The lowest BCUT2D eigenvalue weighted by molar-refractivity contribution is -0.143. The van der Waals surface area contributed by atoms with Crippen molar-refractivity contribution < 1.29 is 35.6 Å². The number of unbranched alkanes of at least 4 members (excludes halogenated alkanes) is 4. The van der Waals surface area contributed by atoms with Gasteiger partial charge in [-0.25, -0.2) is 23.4 Å². The normalized spacial score (nSPS) is 13.0. The lowest BCUT2D eigenvalue weighted by atomic mass is 9.95. The first-order valence-corrected chi connectivity index (χ1v) is 20.7. The van der Waals surface area contributed by atoms with Crippen LogP contribution in [-0.2, 0) is 41.7 Å². The minimum absolute atomic E-state index is 0.0495. The monoisotopic (exact) mass is 821 g/mol. The predicted molar refractivity (Wildman–Crippen MR) is 212 cm³/mol. The van der Waals surface area contributed by atoms with Gasteiger partial charge in [-0.2, -0.15) is 8.42 Å². The van der Waals surface area contributed by atoms with E-state index in [0.717, 1.165) is 43.9 Å². The number of aromatic nitrogens is 5. The molecule has 6 rings (SSSR count). The minimum Gasteiger partial charge on any atom is -0.466 e. The number of nitrogens with zero attached hydrogens (tertiary/aromatic N) is 6. The summed E-state index contributed by atoms with van der Waals surface area (Å²) in [6, 6.07) is 16.1. The second-order valence-corrected chi connectivity index (χ2v) is 15.4. The lowest BCUT2D eigenvalue weighted by Crippen LogP contribution is -2.28. The van der Waals surface area contributed by atoms with Crippen molar-refractivity contribution in [2.24, 2.45) is 4.99 Å². The first-order valence-electron chi connectivity index (χ1n) is 18.5. The number of hydrogen-bond donors (Lipinski definition) is 1. The maximum Gasteiger partial charge on any atom is 0.305 e. The third kappa shape index (κ3) is 11.5.